The molecule has 2 aromatic heterocycles. The van der Waals surface area contributed by atoms with E-state index in [2.05, 4.69) is 15.3 Å². The molecule has 8 nitrogen and oxygen atoms in total. The lowest BCUT2D eigenvalue weighted by atomic mass is 9.82. The van der Waals surface area contributed by atoms with Gasteiger partial charge in [0.15, 0.2) is 5.67 Å². The monoisotopic (exact) mass is 558 g/mol. The smallest absolute Gasteiger partial charge is 0.251 e. The summed E-state index contributed by atoms with van der Waals surface area (Å²) in [4.78, 5) is 34.6. The number of hydrogen-bond acceptors (Lipinski definition) is 6. The largest absolute Gasteiger partial charge is 0.489 e. The number of primary amides is 1. The Bertz CT molecular complexity index is 1690. The first-order valence-corrected chi connectivity index (χ1v) is 13.3. The van der Waals surface area contributed by atoms with Crippen LogP contribution in [0, 0.1) is 5.82 Å². The Morgan fingerprint density at radius 3 is 2.66 bits per heavy atom. The summed E-state index contributed by atoms with van der Waals surface area (Å²) in [5, 5.41) is 3.40. The van der Waals surface area contributed by atoms with Crippen LogP contribution in [0.1, 0.15) is 48.3 Å². The van der Waals surface area contributed by atoms with Crippen molar-refractivity contribution >= 4 is 22.7 Å². The third kappa shape index (κ3) is 4.94. The lowest BCUT2D eigenvalue weighted by molar-refractivity contribution is -0.123. The highest BCUT2D eigenvalue weighted by Gasteiger charge is 2.45. The van der Waals surface area contributed by atoms with Crippen LogP contribution in [-0.4, -0.2) is 41.0 Å². The Hall–Kier alpha value is -4.60. The molecule has 3 N–H and O–H groups in total. The summed E-state index contributed by atoms with van der Waals surface area (Å²) in [5.41, 5.74) is 4.36. The second-order valence-corrected chi connectivity index (χ2v) is 11.0. The van der Waals surface area contributed by atoms with Gasteiger partial charge in [-0.3, -0.25) is 14.6 Å². The number of alkyl halides is 1. The van der Waals surface area contributed by atoms with E-state index >= 15 is 4.39 Å². The molecule has 0 unspecified atom stereocenters. The number of pyridine rings is 2. The van der Waals surface area contributed by atoms with Gasteiger partial charge in [0.2, 0.25) is 5.91 Å². The molecule has 4 aromatic rings. The molecule has 1 fully saturated rings. The number of rotatable bonds is 8. The van der Waals surface area contributed by atoms with Crippen LogP contribution >= 0.6 is 0 Å². The minimum Gasteiger partial charge on any atom is -0.489 e. The maximum Gasteiger partial charge on any atom is 0.251 e. The number of nitrogens with zero attached hydrogens (tertiary/aromatic N) is 2. The Morgan fingerprint density at radius 1 is 1.20 bits per heavy atom. The number of fused-ring (bicyclic) bond motifs is 2. The minimum absolute atomic E-state index is 0.0330. The van der Waals surface area contributed by atoms with Crippen LogP contribution in [0.5, 0.6) is 11.5 Å². The van der Waals surface area contributed by atoms with Gasteiger partial charge in [0, 0.05) is 28.3 Å². The summed E-state index contributed by atoms with van der Waals surface area (Å²) in [6.07, 6.45) is 3.65. The number of ether oxygens (including phenoxy) is 2. The van der Waals surface area contributed by atoms with Crippen molar-refractivity contribution in [2.45, 2.75) is 43.9 Å². The normalized spacial score (nSPS) is 19.2. The molecule has 10 heteroatoms. The topological polar surface area (TPSA) is 116 Å². The van der Waals surface area contributed by atoms with Gasteiger partial charge in [0.1, 0.15) is 40.5 Å². The second-order valence-electron chi connectivity index (χ2n) is 11.0. The molecular weight excluding hydrogens is 530 g/mol. The molecular formula is C31H28F2N4O4. The van der Waals surface area contributed by atoms with Crippen LogP contribution in [-0.2, 0) is 15.9 Å². The van der Waals surface area contributed by atoms with E-state index < -0.39 is 35.3 Å². The van der Waals surface area contributed by atoms with Gasteiger partial charge in [-0.1, -0.05) is 6.07 Å². The van der Waals surface area contributed by atoms with Crippen LogP contribution in [0.15, 0.2) is 60.8 Å². The van der Waals surface area contributed by atoms with Gasteiger partial charge < -0.3 is 20.5 Å². The summed E-state index contributed by atoms with van der Waals surface area (Å²) in [6, 6.07) is 13.9. The van der Waals surface area contributed by atoms with E-state index in [1.807, 2.05) is 6.07 Å². The van der Waals surface area contributed by atoms with E-state index in [-0.39, 0.29) is 29.8 Å². The highest BCUT2D eigenvalue weighted by Crippen LogP contribution is 2.46. The molecule has 2 aromatic carbocycles. The first kappa shape index (κ1) is 26.6. The van der Waals surface area contributed by atoms with Crippen molar-refractivity contribution in [3.63, 3.8) is 0 Å². The van der Waals surface area contributed by atoms with E-state index in [9.17, 15) is 14.0 Å². The number of nitrogens with two attached hydrogens (primary N) is 1. The van der Waals surface area contributed by atoms with Crippen LogP contribution in [0.2, 0.25) is 0 Å². The van der Waals surface area contributed by atoms with E-state index in [4.69, 9.17) is 15.2 Å². The summed E-state index contributed by atoms with van der Waals surface area (Å²) in [6.45, 7) is 2.45. The number of aromatic nitrogens is 2. The van der Waals surface area contributed by atoms with Gasteiger partial charge in [-0.25, -0.2) is 13.8 Å². The fourth-order valence-corrected chi connectivity index (χ4v) is 4.84. The van der Waals surface area contributed by atoms with E-state index in [0.29, 0.717) is 28.0 Å². The van der Waals surface area contributed by atoms with Crippen molar-refractivity contribution in [1.29, 1.82) is 0 Å². The zero-order valence-corrected chi connectivity index (χ0v) is 22.5. The van der Waals surface area contributed by atoms with Crippen LogP contribution in [0.3, 0.4) is 0 Å². The predicted molar refractivity (Wildman–Crippen MR) is 148 cm³/mol. The molecule has 0 spiro atoms. The highest BCUT2D eigenvalue weighted by atomic mass is 19.1. The molecule has 1 aliphatic carbocycles. The first-order valence-electron chi connectivity index (χ1n) is 13.3. The average Bonchev–Trinajstić information content (AvgIpc) is 3.71. The Labute approximate surface area is 234 Å². The zero-order valence-electron chi connectivity index (χ0n) is 22.5. The van der Waals surface area contributed by atoms with Crippen molar-refractivity contribution in [2.24, 2.45) is 5.73 Å². The Kier molecular flexibility index (Phi) is 6.36. The Balaban J connectivity index is 1.32. The Morgan fingerprint density at radius 2 is 1.95 bits per heavy atom. The lowest BCUT2D eigenvalue weighted by Gasteiger charge is -2.24. The molecule has 1 saturated carbocycles. The van der Waals surface area contributed by atoms with Gasteiger partial charge in [-0.2, -0.15) is 0 Å². The van der Waals surface area contributed by atoms with Crippen LogP contribution in [0.25, 0.3) is 22.2 Å². The summed E-state index contributed by atoms with van der Waals surface area (Å²) >= 11 is 0. The second kappa shape index (κ2) is 9.79. The van der Waals surface area contributed by atoms with Crippen molar-refractivity contribution in [3.8, 4) is 22.8 Å². The van der Waals surface area contributed by atoms with Gasteiger partial charge >= 0.3 is 0 Å². The molecule has 2 aliphatic rings. The molecule has 1 aliphatic heterocycles. The summed E-state index contributed by atoms with van der Waals surface area (Å²) in [7, 11) is 0. The molecule has 2 atom stereocenters. The number of carbonyl (C=O) groups is 2. The molecule has 3 heterocycles. The molecule has 0 bridgehead atoms. The number of amides is 2. The summed E-state index contributed by atoms with van der Waals surface area (Å²) < 4.78 is 41.8. The quantitative estimate of drug-likeness (QED) is 0.323. The molecule has 6 rings (SSSR count). The molecule has 2 amide bonds. The molecule has 0 saturated heterocycles. The zero-order chi connectivity index (χ0) is 28.9. The first-order chi connectivity index (χ1) is 19.5. The fourth-order valence-electron chi connectivity index (χ4n) is 4.84. The standard InChI is InChI=1S/C31H28F2N4O4/c1-30(29(34)39)16-40-27-22(30)14-24(37-26(27)17-5-7-20(32)8-6-17)31(2,33)15-36-28(38)19-12-18-4-3-11-35-25(18)23(13-19)41-21-9-10-21/h3-8,11-14,21H,9-10,15-16H2,1-2H3,(H2,34,39)(H,36,38)/t30-,31-/m0/s1. The fraction of sp³-hybridized carbons (Fsp3) is 0.290. The van der Waals surface area contributed by atoms with E-state index in [1.165, 1.54) is 37.3 Å². The van der Waals surface area contributed by atoms with Gasteiger partial charge in [-0.15, -0.1) is 0 Å². The van der Waals surface area contributed by atoms with Gasteiger partial charge in [0.25, 0.3) is 5.91 Å². The highest BCUT2D eigenvalue weighted by molar-refractivity contribution is 6.00. The number of halogens is 2. The number of hydrogen-bond donors (Lipinski definition) is 2. The minimum atomic E-state index is -2.16. The van der Waals surface area contributed by atoms with Gasteiger partial charge in [-0.05, 0) is 75.2 Å². The maximum absolute atomic E-state index is 16.4. The van der Waals surface area contributed by atoms with Crippen molar-refractivity contribution in [2.75, 3.05) is 13.2 Å². The maximum atomic E-state index is 16.4. The van der Waals surface area contributed by atoms with E-state index in [0.717, 1.165) is 18.2 Å². The van der Waals surface area contributed by atoms with Gasteiger partial charge in [0.05, 0.1) is 18.3 Å². The average molecular weight is 559 g/mol. The molecule has 210 valence electrons. The third-order valence-electron chi connectivity index (χ3n) is 7.60. The SMILES string of the molecule is C[C@](F)(CNC(=O)c1cc(OC2CC2)c2ncccc2c1)c1cc2c(c(-c3ccc(F)cc3)n1)OC[C@]2(C)C(N)=O. The summed E-state index contributed by atoms with van der Waals surface area (Å²) in [5.74, 6) is -0.784. The van der Waals surface area contributed by atoms with Crippen molar-refractivity contribution < 1.29 is 27.8 Å². The third-order valence-corrected chi connectivity index (χ3v) is 7.60. The van der Waals surface area contributed by atoms with E-state index in [1.54, 1.807) is 31.3 Å². The molecule has 0 radical (unpaired) electrons. The predicted octanol–water partition coefficient (Wildman–Crippen LogP) is 4.73. The molecule has 41 heavy (non-hydrogen) atoms. The van der Waals surface area contributed by atoms with Crippen molar-refractivity contribution in [1.82, 2.24) is 15.3 Å². The van der Waals surface area contributed by atoms with Crippen LogP contribution in [0.4, 0.5) is 8.78 Å². The number of carbonyl (C=O) groups excluding carboxylic acids is 2. The van der Waals surface area contributed by atoms with Crippen molar-refractivity contribution in [3.05, 3.63) is 83.4 Å². The number of benzene rings is 2. The lowest BCUT2D eigenvalue weighted by Crippen LogP contribution is -2.40. The van der Waals surface area contributed by atoms with Crippen LogP contribution < -0.4 is 20.5 Å². The number of nitrogens with one attached hydrogen (secondary N) is 1.